The van der Waals surface area contributed by atoms with Crippen LogP contribution < -0.4 is 0 Å². The molecule has 4 aromatic rings. The number of rotatable bonds is 3. The molecule has 4 nitrogen and oxygen atoms in total. The van der Waals surface area contributed by atoms with Crippen molar-refractivity contribution in [1.82, 2.24) is 9.97 Å². The molecule has 0 amide bonds. The van der Waals surface area contributed by atoms with Gasteiger partial charge in [0.2, 0.25) is 0 Å². The Bertz CT molecular complexity index is 1060. The highest BCUT2D eigenvalue weighted by Crippen LogP contribution is 2.27. The predicted molar refractivity (Wildman–Crippen MR) is 97.4 cm³/mol. The number of para-hydroxylation sites is 1. The molecule has 0 unspecified atom stereocenters. The van der Waals surface area contributed by atoms with Gasteiger partial charge in [-0.3, -0.25) is 4.98 Å². The Kier molecular flexibility index (Phi) is 3.71. The SMILES string of the molecule is O=C(O)c1cc(-c2ccc(-c3cccnc3)cc2)nc2ccccc12. The molecule has 0 aliphatic carbocycles. The molecule has 4 rings (SSSR count). The highest BCUT2D eigenvalue weighted by Gasteiger charge is 2.12. The van der Waals surface area contributed by atoms with Crippen LogP contribution in [0, 0.1) is 0 Å². The van der Waals surface area contributed by atoms with Crippen molar-refractivity contribution < 1.29 is 9.90 Å². The number of carbonyl (C=O) groups is 1. The number of carboxylic acid groups (broad SMARTS) is 1. The van der Waals surface area contributed by atoms with E-state index in [9.17, 15) is 9.90 Å². The summed E-state index contributed by atoms with van der Waals surface area (Å²) < 4.78 is 0. The van der Waals surface area contributed by atoms with Gasteiger partial charge in [-0.1, -0.05) is 48.5 Å². The molecule has 0 aliphatic heterocycles. The van der Waals surface area contributed by atoms with E-state index in [1.54, 1.807) is 18.3 Å². The summed E-state index contributed by atoms with van der Waals surface area (Å²) in [7, 11) is 0. The van der Waals surface area contributed by atoms with Gasteiger partial charge in [-0.25, -0.2) is 9.78 Å². The van der Waals surface area contributed by atoms with Crippen LogP contribution in [-0.4, -0.2) is 21.0 Å². The molecule has 0 radical (unpaired) electrons. The first-order valence-corrected chi connectivity index (χ1v) is 7.86. The average molecular weight is 326 g/mol. The summed E-state index contributed by atoms with van der Waals surface area (Å²) in [6, 6.07) is 20.7. The summed E-state index contributed by atoms with van der Waals surface area (Å²) in [6.07, 6.45) is 3.55. The third-order valence-electron chi connectivity index (χ3n) is 4.12. The molecule has 4 heteroatoms. The molecule has 0 fully saturated rings. The minimum atomic E-state index is -0.952. The molecule has 1 N–H and O–H groups in total. The van der Waals surface area contributed by atoms with Gasteiger partial charge in [0, 0.05) is 23.3 Å². The fourth-order valence-corrected chi connectivity index (χ4v) is 2.87. The maximum atomic E-state index is 11.6. The minimum absolute atomic E-state index is 0.261. The summed E-state index contributed by atoms with van der Waals surface area (Å²) in [5.41, 5.74) is 4.54. The number of hydrogen-bond donors (Lipinski definition) is 1. The van der Waals surface area contributed by atoms with Crippen LogP contribution in [0.3, 0.4) is 0 Å². The van der Waals surface area contributed by atoms with Crippen molar-refractivity contribution in [3.8, 4) is 22.4 Å². The molecule has 0 saturated carbocycles. The van der Waals surface area contributed by atoms with E-state index in [0.29, 0.717) is 16.6 Å². The van der Waals surface area contributed by atoms with Gasteiger partial charge >= 0.3 is 5.97 Å². The lowest BCUT2D eigenvalue weighted by atomic mass is 10.0. The van der Waals surface area contributed by atoms with Gasteiger partial charge < -0.3 is 5.11 Å². The van der Waals surface area contributed by atoms with Crippen LogP contribution in [0.5, 0.6) is 0 Å². The number of benzene rings is 2. The average Bonchev–Trinajstić information content (AvgIpc) is 2.68. The molecule has 0 bridgehead atoms. The summed E-state index contributed by atoms with van der Waals surface area (Å²) in [5, 5.41) is 10.2. The molecular weight excluding hydrogens is 312 g/mol. The van der Waals surface area contributed by atoms with E-state index in [0.717, 1.165) is 16.7 Å². The van der Waals surface area contributed by atoms with E-state index in [1.807, 2.05) is 60.8 Å². The third-order valence-corrected chi connectivity index (χ3v) is 4.12. The Morgan fingerprint density at radius 1 is 0.840 bits per heavy atom. The zero-order valence-corrected chi connectivity index (χ0v) is 13.3. The zero-order valence-electron chi connectivity index (χ0n) is 13.3. The van der Waals surface area contributed by atoms with Gasteiger partial charge in [0.05, 0.1) is 16.8 Å². The maximum Gasteiger partial charge on any atom is 0.336 e. The van der Waals surface area contributed by atoms with Crippen LogP contribution in [0.15, 0.2) is 79.1 Å². The topological polar surface area (TPSA) is 63.1 Å². The van der Waals surface area contributed by atoms with Crippen molar-refractivity contribution in [2.24, 2.45) is 0 Å². The van der Waals surface area contributed by atoms with Gasteiger partial charge in [-0.15, -0.1) is 0 Å². The second-order valence-electron chi connectivity index (χ2n) is 5.70. The molecule has 2 aromatic heterocycles. The Labute approximate surface area is 144 Å². The van der Waals surface area contributed by atoms with Crippen molar-refractivity contribution in [3.05, 3.63) is 84.7 Å². The molecule has 2 aromatic carbocycles. The van der Waals surface area contributed by atoms with Crippen LogP contribution in [-0.2, 0) is 0 Å². The summed E-state index contributed by atoms with van der Waals surface area (Å²) in [5.74, 6) is -0.952. The summed E-state index contributed by atoms with van der Waals surface area (Å²) in [4.78, 5) is 20.3. The van der Waals surface area contributed by atoms with E-state index in [-0.39, 0.29) is 5.56 Å². The Balaban J connectivity index is 1.81. The maximum absolute atomic E-state index is 11.6. The lowest BCUT2D eigenvalue weighted by Crippen LogP contribution is -2.00. The number of nitrogens with zero attached hydrogens (tertiary/aromatic N) is 2. The Hall–Kier alpha value is -3.53. The Morgan fingerprint density at radius 2 is 1.60 bits per heavy atom. The van der Waals surface area contributed by atoms with Crippen molar-refractivity contribution in [2.45, 2.75) is 0 Å². The van der Waals surface area contributed by atoms with Gasteiger partial charge in [0.1, 0.15) is 0 Å². The first kappa shape index (κ1) is 15.0. The van der Waals surface area contributed by atoms with Crippen LogP contribution >= 0.6 is 0 Å². The fraction of sp³-hybridized carbons (Fsp3) is 0. The monoisotopic (exact) mass is 326 g/mol. The summed E-state index contributed by atoms with van der Waals surface area (Å²) in [6.45, 7) is 0. The van der Waals surface area contributed by atoms with Gasteiger partial charge in [-0.2, -0.15) is 0 Å². The molecule has 25 heavy (non-hydrogen) atoms. The zero-order chi connectivity index (χ0) is 17.2. The van der Waals surface area contributed by atoms with E-state index in [1.165, 1.54) is 0 Å². The van der Waals surface area contributed by atoms with Crippen LogP contribution in [0.4, 0.5) is 0 Å². The highest BCUT2D eigenvalue weighted by molar-refractivity contribution is 6.03. The standard InChI is InChI=1S/C21H14N2O2/c24-21(25)18-12-20(23-19-6-2-1-5-17(18)19)15-9-7-14(8-10-15)16-4-3-11-22-13-16/h1-13H,(H,24,25). The van der Waals surface area contributed by atoms with Crippen LogP contribution in [0.25, 0.3) is 33.3 Å². The van der Waals surface area contributed by atoms with E-state index in [4.69, 9.17) is 0 Å². The Morgan fingerprint density at radius 3 is 2.32 bits per heavy atom. The quantitative estimate of drug-likeness (QED) is 0.594. The van der Waals surface area contributed by atoms with Crippen molar-refractivity contribution >= 4 is 16.9 Å². The molecule has 0 atom stereocenters. The minimum Gasteiger partial charge on any atom is -0.478 e. The van der Waals surface area contributed by atoms with Gasteiger partial charge in [0.25, 0.3) is 0 Å². The van der Waals surface area contributed by atoms with Crippen LogP contribution in [0.1, 0.15) is 10.4 Å². The smallest absolute Gasteiger partial charge is 0.336 e. The number of aromatic carboxylic acids is 1. The number of carboxylic acids is 1. The molecule has 0 spiro atoms. The largest absolute Gasteiger partial charge is 0.478 e. The lowest BCUT2D eigenvalue weighted by molar-refractivity contribution is 0.0699. The molecule has 120 valence electrons. The molecule has 2 heterocycles. The number of hydrogen-bond acceptors (Lipinski definition) is 3. The van der Waals surface area contributed by atoms with E-state index < -0.39 is 5.97 Å². The number of pyridine rings is 2. The van der Waals surface area contributed by atoms with Crippen molar-refractivity contribution in [1.29, 1.82) is 0 Å². The molecular formula is C21H14N2O2. The lowest BCUT2D eigenvalue weighted by Gasteiger charge is -2.08. The fourth-order valence-electron chi connectivity index (χ4n) is 2.87. The van der Waals surface area contributed by atoms with Crippen molar-refractivity contribution in [3.63, 3.8) is 0 Å². The molecule has 0 aliphatic rings. The summed E-state index contributed by atoms with van der Waals surface area (Å²) >= 11 is 0. The third kappa shape index (κ3) is 2.85. The first-order valence-electron chi connectivity index (χ1n) is 7.86. The van der Waals surface area contributed by atoms with E-state index >= 15 is 0 Å². The number of fused-ring (bicyclic) bond motifs is 1. The van der Waals surface area contributed by atoms with Gasteiger partial charge in [0.15, 0.2) is 0 Å². The van der Waals surface area contributed by atoms with Gasteiger partial charge in [-0.05, 0) is 29.3 Å². The number of aromatic nitrogens is 2. The van der Waals surface area contributed by atoms with Crippen molar-refractivity contribution in [2.75, 3.05) is 0 Å². The normalized spacial score (nSPS) is 10.7. The second kappa shape index (κ2) is 6.17. The highest BCUT2D eigenvalue weighted by atomic mass is 16.4. The first-order chi connectivity index (χ1) is 12.2. The predicted octanol–water partition coefficient (Wildman–Crippen LogP) is 4.66. The van der Waals surface area contributed by atoms with E-state index in [2.05, 4.69) is 9.97 Å². The molecule has 0 saturated heterocycles. The second-order valence-corrected chi connectivity index (χ2v) is 5.70. The van der Waals surface area contributed by atoms with Crippen LogP contribution in [0.2, 0.25) is 0 Å².